The number of nitrogens with one attached hydrogen (secondary N) is 1. The van der Waals surface area contributed by atoms with E-state index in [2.05, 4.69) is 5.32 Å². The summed E-state index contributed by atoms with van der Waals surface area (Å²) in [6, 6.07) is 6.30. The van der Waals surface area contributed by atoms with E-state index in [-0.39, 0.29) is 5.91 Å². The first kappa shape index (κ1) is 13.2. The summed E-state index contributed by atoms with van der Waals surface area (Å²) in [4.78, 5) is 22.8. The van der Waals surface area contributed by atoms with Crippen LogP contribution in [0.4, 0.5) is 5.69 Å². The van der Waals surface area contributed by atoms with Crippen molar-refractivity contribution in [2.75, 3.05) is 5.32 Å². The molecule has 18 heavy (non-hydrogen) atoms. The Morgan fingerprint density at radius 2 is 1.78 bits per heavy atom. The van der Waals surface area contributed by atoms with Gasteiger partial charge in [-0.1, -0.05) is 0 Å². The lowest BCUT2D eigenvalue weighted by atomic mass is 10.1. The lowest BCUT2D eigenvalue weighted by Crippen LogP contribution is -2.26. The van der Waals surface area contributed by atoms with Crippen LogP contribution in [-0.2, 0) is 4.79 Å². The predicted octanol–water partition coefficient (Wildman–Crippen LogP) is 2.31. The first-order valence-corrected chi connectivity index (χ1v) is 6.11. The molecule has 2 rings (SSSR count). The Bertz CT molecular complexity index is 513. The van der Waals surface area contributed by atoms with Crippen LogP contribution in [0.15, 0.2) is 24.3 Å². The summed E-state index contributed by atoms with van der Waals surface area (Å²) < 4.78 is -0.996. The van der Waals surface area contributed by atoms with Crippen molar-refractivity contribution in [2.45, 2.75) is 17.7 Å². The Morgan fingerprint density at radius 3 is 2.17 bits per heavy atom. The summed E-state index contributed by atoms with van der Waals surface area (Å²) in [5.74, 6) is -0.748. The molecular weight excluding hydrogens is 275 g/mol. The van der Waals surface area contributed by atoms with Crippen molar-refractivity contribution in [1.82, 2.24) is 0 Å². The maximum Gasteiger partial charge on any atom is 0.248 e. The van der Waals surface area contributed by atoms with E-state index in [9.17, 15) is 9.59 Å². The zero-order chi connectivity index (χ0) is 13.6. The third-order valence-corrected chi connectivity index (χ3v) is 4.29. The Hall–Kier alpha value is -1.26. The molecule has 6 heteroatoms. The fraction of sp³-hybridized carbons (Fsp3) is 0.333. The van der Waals surface area contributed by atoms with Gasteiger partial charge in [0.05, 0.1) is 5.41 Å². The molecule has 0 heterocycles. The van der Waals surface area contributed by atoms with Crippen LogP contribution < -0.4 is 11.1 Å². The molecular formula is C12H12Cl2N2O2. The molecule has 1 aromatic rings. The maximum absolute atomic E-state index is 12.0. The molecule has 0 aromatic heterocycles. The first-order valence-electron chi connectivity index (χ1n) is 5.35. The van der Waals surface area contributed by atoms with Gasteiger partial charge in [-0.05, 0) is 37.6 Å². The van der Waals surface area contributed by atoms with Crippen molar-refractivity contribution in [2.24, 2.45) is 11.1 Å². The standard InChI is InChI=1S/C12H12Cl2N2O2/c1-11(6-12(11,13)14)10(18)16-8-4-2-7(3-5-8)9(15)17/h2-5H,6H2,1H3,(H2,15,17)(H,16,18)/t11-/m0/s1. The predicted molar refractivity (Wildman–Crippen MR) is 70.8 cm³/mol. The average molecular weight is 287 g/mol. The van der Waals surface area contributed by atoms with E-state index < -0.39 is 15.7 Å². The lowest BCUT2D eigenvalue weighted by Gasteiger charge is -2.12. The summed E-state index contributed by atoms with van der Waals surface area (Å²) in [5, 5.41) is 2.71. The third-order valence-electron chi connectivity index (χ3n) is 3.19. The van der Waals surface area contributed by atoms with Gasteiger partial charge in [-0.25, -0.2) is 0 Å². The van der Waals surface area contributed by atoms with Crippen LogP contribution in [0.3, 0.4) is 0 Å². The molecule has 1 aromatic carbocycles. The minimum absolute atomic E-state index is 0.237. The number of halogens is 2. The van der Waals surface area contributed by atoms with Crippen LogP contribution in [0.1, 0.15) is 23.7 Å². The lowest BCUT2D eigenvalue weighted by molar-refractivity contribution is -0.120. The van der Waals surface area contributed by atoms with Crippen molar-refractivity contribution >= 4 is 40.7 Å². The van der Waals surface area contributed by atoms with Crippen LogP contribution in [-0.4, -0.2) is 16.1 Å². The van der Waals surface area contributed by atoms with Crippen molar-refractivity contribution < 1.29 is 9.59 Å². The summed E-state index contributed by atoms with van der Waals surface area (Å²) >= 11 is 11.8. The van der Waals surface area contributed by atoms with Crippen molar-refractivity contribution in [1.29, 1.82) is 0 Å². The molecule has 3 N–H and O–H groups in total. The molecule has 96 valence electrons. The van der Waals surface area contributed by atoms with Crippen LogP contribution in [0.2, 0.25) is 0 Å². The normalized spacial score (nSPS) is 24.4. The molecule has 0 saturated heterocycles. The number of hydrogen-bond acceptors (Lipinski definition) is 2. The van der Waals surface area contributed by atoms with Gasteiger partial charge in [0.1, 0.15) is 4.33 Å². The number of alkyl halides is 2. The van der Waals surface area contributed by atoms with Crippen LogP contribution >= 0.6 is 23.2 Å². The fourth-order valence-corrected chi connectivity index (χ4v) is 2.34. The third kappa shape index (κ3) is 2.18. The molecule has 0 unspecified atom stereocenters. The van der Waals surface area contributed by atoms with Gasteiger partial charge in [-0.2, -0.15) is 0 Å². The molecule has 1 aliphatic rings. The molecule has 0 bridgehead atoms. The number of benzene rings is 1. The minimum Gasteiger partial charge on any atom is -0.366 e. The topological polar surface area (TPSA) is 72.2 Å². The number of carbonyl (C=O) groups excluding carboxylic acids is 2. The zero-order valence-electron chi connectivity index (χ0n) is 9.67. The molecule has 2 amide bonds. The number of hydrogen-bond donors (Lipinski definition) is 2. The van der Waals surface area contributed by atoms with E-state index in [0.717, 1.165) is 0 Å². The van der Waals surface area contributed by atoms with E-state index in [1.807, 2.05) is 0 Å². The second-order valence-corrected chi connectivity index (χ2v) is 6.09. The highest BCUT2D eigenvalue weighted by Crippen LogP contribution is 2.64. The molecule has 0 spiro atoms. The Labute approximate surface area is 114 Å². The molecule has 1 fully saturated rings. The van der Waals surface area contributed by atoms with Gasteiger partial charge in [-0.3, -0.25) is 9.59 Å². The van der Waals surface area contributed by atoms with E-state index >= 15 is 0 Å². The smallest absolute Gasteiger partial charge is 0.248 e. The molecule has 4 nitrogen and oxygen atoms in total. The Kier molecular flexibility index (Phi) is 3.03. The highest BCUT2D eigenvalue weighted by Gasteiger charge is 2.67. The van der Waals surface area contributed by atoms with Gasteiger partial charge in [0.2, 0.25) is 11.8 Å². The van der Waals surface area contributed by atoms with Crippen LogP contribution in [0, 0.1) is 5.41 Å². The van der Waals surface area contributed by atoms with Crippen molar-refractivity contribution in [3.05, 3.63) is 29.8 Å². The van der Waals surface area contributed by atoms with Crippen LogP contribution in [0.5, 0.6) is 0 Å². The fourth-order valence-electron chi connectivity index (χ4n) is 1.63. The quantitative estimate of drug-likeness (QED) is 0.837. The summed E-state index contributed by atoms with van der Waals surface area (Å²) in [5.41, 5.74) is 5.31. The van der Waals surface area contributed by atoms with Gasteiger partial charge >= 0.3 is 0 Å². The highest BCUT2D eigenvalue weighted by atomic mass is 35.5. The van der Waals surface area contributed by atoms with E-state index in [0.29, 0.717) is 17.7 Å². The van der Waals surface area contributed by atoms with Crippen molar-refractivity contribution in [3.8, 4) is 0 Å². The van der Waals surface area contributed by atoms with Gasteiger partial charge < -0.3 is 11.1 Å². The Morgan fingerprint density at radius 1 is 1.28 bits per heavy atom. The molecule has 0 aliphatic heterocycles. The van der Waals surface area contributed by atoms with Gasteiger partial charge in [0.25, 0.3) is 0 Å². The molecule has 1 saturated carbocycles. The number of nitrogens with two attached hydrogens (primary N) is 1. The van der Waals surface area contributed by atoms with Gasteiger partial charge in [-0.15, -0.1) is 23.2 Å². The van der Waals surface area contributed by atoms with E-state index in [1.165, 1.54) is 0 Å². The first-order chi connectivity index (χ1) is 8.26. The largest absolute Gasteiger partial charge is 0.366 e. The molecule has 1 atom stereocenters. The number of carbonyl (C=O) groups is 2. The number of anilines is 1. The number of amides is 2. The second-order valence-electron chi connectivity index (χ2n) is 4.61. The second kappa shape index (κ2) is 4.14. The number of primary amides is 1. The van der Waals surface area contributed by atoms with Gasteiger partial charge in [0.15, 0.2) is 0 Å². The Balaban J connectivity index is 2.07. The summed E-state index contributed by atoms with van der Waals surface area (Å²) in [7, 11) is 0. The minimum atomic E-state index is -0.996. The van der Waals surface area contributed by atoms with Crippen molar-refractivity contribution in [3.63, 3.8) is 0 Å². The average Bonchev–Trinajstić information content (AvgIpc) is 2.80. The SMILES string of the molecule is C[C@@]1(C(=O)Nc2ccc(C(N)=O)cc2)CC1(Cl)Cl. The van der Waals surface area contributed by atoms with Crippen LogP contribution in [0.25, 0.3) is 0 Å². The summed E-state index contributed by atoms with van der Waals surface area (Å²) in [6.45, 7) is 1.71. The molecule has 1 aliphatic carbocycles. The summed E-state index contributed by atoms with van der Waals surface area (Å²) in [6.07, 6.45) is 0.425. The van der Waals surface area contributed by atoms with Gasteiger partial charge in [0, 0.05) is 11.3 Å². The highest BCUT2D eigenvalue weighted by molar-refractivity contribution is 6.53. The zero-order valence-corrected chi connectivity index (χ0v) is 11.2. The van der Waals surface area contributed by atoms with E-state index in [4.69, 9.17) is 28.9 Å². The number of rotatable bonds is 3. The monoisotopic (exact) mass is 286 g/mol. The maximum atomic E-state index is 12.0. The van der Waals surface area contributed by atoms with E-state index in [1.54, 1.807) is 31.2 Å². The molecule has 0 radical (unpaired) electrons.